The third-order valence-electron chi connectivity index (χ3n) is 2.20. The number of sulfonamides is 1. The fourth-order valence-corrected chi connectivity index (χ4v) is 2.43. The van der Waals surface area contributed by atoms with Crippen molar-refractivity contribution in [2.45, 2.75) is 11.8 Å². The standard InChI is InChI=1S/C11H15NO6S/c1-2-18-10-4-3-8(7-9(10)11(14)15)19(16,17)12-5-6-13/h3-4,7,12-13H,2,5-6H2,1H3,(H,14,15). The first kappa shape index (κ1) is 15.4. The molecule has 1 rings (SSSR count). The van der Waals surface area contributed by atoms with E-state index in [0.29, 0.717) is 0 Å². The van der Waals surface area contributed by atoms with Gasteiger partial charge in [0, 0.05) is 6.54 Å². The number of rotatable bonds is 7. The summed E-state index contributed by atoms with van der Waals surface area (Å²) in [4.78, 5) is 10.9. The maximum atomic E-state index is 11.8. The molecule has 7 nitrogen and oxygen atoms in total. The zero-order chi connectivity index (χ0) is 14.5. The average Bonchev–Trinajstić information content (AvgIpc) is 2.37. The highest BCUT2D eigenvalue weighted by Gasteiger charge is 2.19. The lowest BCUT2D eigenvalue weighted by Gasteiger charge is -2.10. The number of aliphatic hydroxyl groups is 1. The number of ether oxygens (including phenoxy) is 1. The summed E-state index contributed by atoms with van der Waals surface area (Å²) in [5, 5.41) is 17.6. The molecular formula is C11H15NO6S. The minimum absolute atomic E-state index is 0.108. The molecule has 0 atom stereocenters. The molecule has 0 bridgehead atoms. The maximum Gasteiger partial charge on any atom is 0.339 e. The van der Waals surface area contributed by atoms with Crippen LogP contribution in [0.5, 0.6) is 5.75 Å². The number of carboxylic acids is 1. The van der Waals surface area contributed by atoms with Gasteiger partial charge in [0.25, 0.3) is 0 Å². The second-order valence-electron chi connectivity index (χ2n) is 3.52. The Bertz CT molecular complexity index is 554. The molecule has 0 saturated carbocycles. The summed E-state index contributed by atoms with van der Waals surface area (Å²) in [6.07, 6.45) is 0. The number of aromatic carboxylic acids is 1. The van der Waals surface area contributed by atoms with E-state index in [-0.39, 0.29) is 36.0 Å². The van der Waals surface area contributed by atoms with Gasteiger partial charge in [0.1, 0.15) is 11.3 Å². The second-order valence-corrected chi connectivity index (χ2v) is 5.28. The van der Waals surface area contributed by atoms with Crippen molar-refractivity contribution in [2.24, 2.45) is 0 Å². The van der Waals surface area contributed by atoms with Crippen LogP contribution in [0.4, 0.5) is 0 Å². The molecule has 0 heterocycles. The van der Waals surface area contributed by atoms with Gasteiger partial charge in [0.2, 0.25) is 10.0 Å². The molecule has 1 aromatic rings. The van der Waals surface area contributed by atoms with E-state index < -0.39 is 16.0 Å². The van der Waals surface area contributed by atoms with Crippen LogP contribution in [0, 0.1) is 0 Å². The highest BCUT2D eigenvalue weighted by atomic mass is 32.2. The van der Waals surface area contributed by atoms with Crippen molar-refractivity contribution in [1.82, 2.24) is 4.72 Å². The van der Waals surface area contributed by atoms with Crippen molar-refractivity contribution in [3.63, 3.8) is 0 Å². The van der Waals surface area contributed by atoms with Gasteiger partial charge in [-0.3, -0.25) is 0 Å². The summed E-state index contributed by atoms with van der Waals surface area (Å²) in [6.45, 7) is 1.48. The minimum atomic E-state index is -3.84. The smallest absolute Gasteiger partial charge is 0.339 e. The second kappa shape index (κ2) is 6.50. The molecule has 0 unspecified atom stereocenters. The Labute approximate surface area is 110 Å². The molecule has 8 heteroatoms. The SMILES string of the molecule is CCOc1ccc(S(=O)(=O)NCCO)cc1C(=O)O. The Morgan fingerprint density at radius 3 is 2.63 bits per heavy atom. The lowest BCUT2D eigenvalue weighted by atomic mass is 10.2. The van der Waals surface area contributed by atoms with Crippen LogP contribution in [0.1, 0.15) is 17.3 Å². The van der Waals surface area contributed by atoms with Crippen LogP contribution in [0.2, 0.25) is 0 Å². The Morgan fingerprint density at radius 1 is 1.42 bits per heavy atom. The first-order chi connectivity index (χ1) is 8.92. The predicted molar refractivity (Wildman–Crippen MR) is 66.8 cm³/mol. The van der Waals surface area contributed by atoms with Gasteiger partial charge in [-0.15, -0.1) is 0 Å². The van der Waals surface area contributed by atoms with E-state index in [0.717, 1.165) is 6.07 Å². The first-order valence-electron chi connectivity index (χ1n) is 5.53. The molecule has 0 amide bonds. The molecule has 0 fully saturated rings. The first-order valence-corrected chi connectivity index (χ1v) is 7.01. The molecule has 0 radical (unpaired) electrons. The van der Waals surface area contributed by atoms with Crippen molar-refractivity contribution >= 4 is 16.0 Å². The molecule has 0 aliphatic carbocycles. The van der Waals surface area contributed by atoms with E-state index in [4.69, 9.17) is 14.9 Å². The van der Waals surface area contributed by atoms with Crippen LogP contribution >= 0.6 is 0 Å². The molecule has 0 aliphatic rings. The Hall–Kier alpha value is -1.64. The van der Waals surface area contributed by atoms with Crippen molar-refractivity contribution in [1.29, 1.82) is 0 Å². The lowest BCUT2D eigenvalue weighted by molar-refractivity contribution is 0.0692. The fraction of sp³-hybridized carbons (Fsp3) is 0.364. The summed E-state index contributed by atoms with van der Waals surface area (Å²) in [6, 6.07) is 3.56. The Kier molecular flexibility index (Phi) is 5.28. The molecule has 0 saturated heterocycles. The van der Waals surface area contributed by atoms with Crippen LogP contribution < -0.4 is 9.46 Å². The summed E-state index contributed by atoms with van der Waals surface area (Å²) in [5.41, 5.74) is -0.228. The van der Waals surface area contributed by atoms with Crippen molar-refractivity contribution in [3.8, 4) is 5.75 Å². The highest BCUT2D eigenvalue weighted by molar-refractivity contribution is 7.89. The van der Waals surface area contributed by atoms with Gasteiger partial charge >= 0.3 is 5.97 Å². The quantitative estimate of drug-likeness (QED) is 0.654. The van der Waals surface area contributed by atoms with E-state index >= 15 is 0 Å². The van der Waals surface area contributed by atoms with Crippen LogP contribution in [-0.2, 0) is 10.0 Å². The highest BCUT2D eigenvalue weighted by Crippen LogP contribution is 2.22. The van der Waals surface area contributed by atoms with Crippen LogP contribution in [0.15, 0.2) is 23.1 Å². The van der Waals surface area contributed by atoms with E-state index in [1.54, 1.807) is 6.92 Å². The van der Waals surface area contributed by atoms with Crippen molar-refractivity contribution in [2.75, 3.05) is 19.8 Å². The van der Waals surface area contributed by atoms with E-state index in [1.165, 1.54) is 12.1 Å². The van der Waals surface area contributed by atoms with Gasteiger partial charge in [-0.2, -0.15) is 0 Å². The van der Waals surface area contributed by atoms with Crippen molar-refractivity contribution in [3.05, 3.63) is 23.8 Å². The molecular weight excluding hydrogens is 274 g/mol. The monoisotopic (exact) mass is 289 g/mol. The summed E-state index contributed by atoms with van der Waals surface area (Å²) in [7, 11) is -3.84. The fourth-order valence-electron chi connectivity index (χ4n) is 1.39. The minimum Gasteiger partial charge on any atom is -0.493 e. The maximum absolute atomic E-state index is 11.8. The van der Waals surface area contributed by atoms with Crippen LogP contribution in [0.3, 0.4) is 0 Å². The van der Waals surface area contributed by atoms with Crippen LogP contribution in [-0.4, -0.2) is 44.4 Å². The zero-order valence-corrected chi connectivity index (χ0v) is 11.1. The number of carboxylic acid groups (broad SMARTS) is 1. The number of carbonyl (C=O) groups is 1. The van der Waals surface area contributed by atoms with Crippen LogP contribution in [0.25, 0.3) is 0 Å². The molecule has 3 N–H and O–H groups in total. The molecule has 1 aromatic carbocycles. The van der Waals surface area contributed by atoms with E-state index in [2.05, 4.69) is 4.72 Å². The third kappa shape index (κ3) is 3.91. The molecule has 0 spiro atoms. The van der Waals surface area contributed by atoms with Gasteiger partial charge in [0.15, 0.2) is 0 Å². The zero-order valence-electron chi connectivity index (χ0n) is 10.3. The largest absolute Gasteiger partial charge is 0.493 e. The van der Waals surface area contributed by atoms with E-state index in [1.807, 2.05) is 0 Å². The molecule has 0 aromatic heterocycles. The summed E-state index contributed by atoms with van der Waals surface area (Å²) < 4.78 is 30.8. The number of aliphatic hydroxyl groups excluding tert-OH is 1. The number of hydrogen-bond donors (Lipinski definition) is 3. The van der Waals surface area contributed by atoms with Crippen molar-refractivity contribution < 1.29 is 28.2 Å². The molecule has 0 aliphatic heterocycles. The lowest BCUT2D eigenvalue weighted by Crippen LogP contribution is -2.26. The summed E-state index contributed by atoms with van der Waals surface area (Å²) in [5.74, 6) is -1.17. The molecule has 106 valence electrons. The Morgan fingerprint density at radius 2 is 2.11 bits per heavy atom. The van der Waals surface area contributed by atoms with Gasteiger partial charge in [-0.25, -0.2) is 17.9 Å². The molecule has 19 heavy (non-hydrogen) atoms. The topological polar surface area (TPSA) is 113 Å². The number of benzene rings is 1. The predicted octanol–water partition coefficient (Wildman–Crippen LogP) is 0.0541. The summed E-state index contributed by atoms with van der Waals surface area (Å²) >= 11 is 0. The normalized spacial score (nSPS) is 11.3. The Balaban J connectivity index is 3.18. The van der Waals surface area contributed by atoms with Gasteiger partial charge < -0.3 is 14.9 Å². The van der Waals surface area contributed by atoms with E-state index in [9.17, 15) is 13.2 Å². The van der Waals surface area contributed by atoms with Gasteiger partial charge in [0.05, 0.1) is 18.1 Å². The van der Waals surface area contributed by atoms with Gasteiger partial charge in [-0.1, -0.05) is 0 Å². The van der Waals surface area contributed by atoms with Gasteiger partial charge in [-0.05, 0) is 25.1 Å². The average molecular weight is 289 g/mol. The number of hydrogen-bond acceptors (Lipinski definition) is 5. The third-order valence-corrected chi connectivity index (χ3v) is 3.65. The number of nitrogens with one attached hydrogen (secondary N) is 1.